The van der Waals surface area contributed by atoms with Crippen molar-refractivity contribution in [3.63, 3.8) is 0 Å². The minimum absolute atomic E-state index is 0.782. The molecule has 1 N–H and O–H groups in total. The largest absolute Gasteiger partial charge is 0.337 e. The smallest absolute Gasteiger partial charge is 0.122 e. The number of imidazole rings is 1. The number of nitrogens with one attached hydrogen (secondary N) is 1. The van der Waals surface area contributed by atoms with Gasteiger partial charge in [0.15, 0.2) is 0 Å². The average molecular weight is 277 g/mol. The van der Waals surface area contributed by atoms with Gasteiger partial charge in [0.2, 0.25) is 0 Å². The molecule has 3 aromatic rings. The van der Waals surface area contributed by atoms with Crippen molar-refractivity contribution < 1.29 is 0 Å². The Balaban J connectivity index is 1.59. The van der Waals surface area contributed by atoms with Crippen LogP contribution in [0.5, 0.6) is 0 Å². The summed E-state index contributed by atoms with van der Waals surface area (Å²) in [6.07, 6.45) is 3.79. The first-order valence-electron chi connectivity index (χ1n) is 7.14. The van der Waals surface area contributed by atoms with Gasteiger partial charge in [0.05, 0.1) is 6.54 Å². The number of hydrogen-bond acceptors (Lipinski definition) is 2. The molecule has 0 spiro atoms. The van der Waals surface area contributed by atoms with Crippen LogP contribution in [0, 0.1) is 0 Å². The first-order chi connectivity index (χ1) is 10.3. The molecule has 0 saturated heterocycles. The number of nitrogens with zero attached hydrogens (tertiary/aromatic N) is 2. The van der Waals surface area contributed by atoms with E-state index in [1.165, 1.54) is 16.7 Å². The Bertz CT molecular complexity index is 684. The van der Waals surface area contributed by atoms with E-state index in [-0.39, 0.29) is 0 Å². The number of hydrogen-bond donors (Lipinski definition) is 1. The summed E-state index contributed by atoms with van der Waals surface area (Å²) in [7, 11) is 2.01. The highest BCUT2D eigenvalue weighted by Crippen LogP contribution is 2.19. The van der Waals surface area contributed by atoms with Crippen molar-refractivity contribution in [1.29, 1.82) is 0 Å². The van der Waals surface area contributed by atoms with Crippen LogP contribution in [-0.4, -0.2) is 9.55 Å². The minimum Gasteiger partial charge on any atom is -0.337 e. The molecule has 0 amide bonds. The summed E-state index contributed by atoms with van der Waals surface area (Å²) in [6.45, 7) is 1.63. The van der Waals surface area contributed by atoms with E-state index in [1.54, 1.807) is 0 Å². The Morgan fingerprint density at radius 3 is 2.29 bits per heavy atom. The molecule has 0 aliphatic heterocycles. The second-order valence-electron chi connectivity index (χ2n) is 5.12. The Hall–Kier alpha value is -2.39. The van der Waals surface area contributed by atoms with Gasteiger partial charge in [-0.15, -0.1) is 0 Å². The highest BCUT2D eigenvalue weighted by Gasteiger charge is 2.00. The van der Waals surface area contributed by atoms with Crippen LogP contribution in [-0.2, 0) is 20.1 Å². The van der Waals surface area contributed by atoms with Gasteiger partial charge in [0.1, 0.15) is 5.82 Å². The fourth-order valence-corrected chi connectivity index (χ4v) is 2.33. The van der Waals surface area contributed by atoms with Crippen molar-refractivity contribution in [2.24, 2.45) is 7.05 Å². The minimum atomic E-state index is 0.782. The lowest BCUT2D eigenvalue weighted by molar-refractivity contribution is 0.639. The van der Waals surface area contributed by atoms with E-state index in [0.29, 0.717) is 0 Å². The molecule has 1 heterocycles. The summed E-state index contributed by atoms with van der Waals surface area (Å²) in [5.41, 5.74) is 3.79. The zero-order chi connectivity index (χ0) is 14.5. The van der Waals surface area contributed by atoms with Gasteiger partial charge < -0.3 is 9.88 Å². The van der Waals surface area contributed by atoms with E-state index in [2.05, 4.69) is 58.8 Å². The highest BCUT2D eigenvalue weighted by molar-refractivity contribution is 5.63. The van der Waals surface area contributed by atoms with E-state index in [4.69, 9.17) is 0 Å². The normalized spacial score (nSPS) is 10.7. The lowest BCUT2D eigenvalue weighted by Gasteiger charge is -2.07. The van der Waals surface area contributed by atoms with E-state index >= 15 is 0 Å². The quantitative estimate of drug-likeness (QED) is 0.775. The van der Waals surface area contributed by atoms with Gasteiger partial charge in [-0.25, -0.2) is 4.98 Å². The third-order valence-electron chi connectivity index (χ3n) is 3.59. The molecule has 0 aliphatic rings. The first-order valence-corrected chi connectivity index (χ1v) is 7.14. The molecule has 0 radical (unpaired) electrons. The van der Waals surface area contributed by atoms with Gasteiger partial charge in [-0.3, -0.25) is 0 Å². The third-order valence-corrected chi connectivity index (χ3v) is 3.59. The van der Waals surface area contributed by atoms with Crippen molar-refractivity contribution in [2.45, 2.75) is 13.1 Å². The topological polar surface area (TPSA) is 29.9 Å². The second-order valence-corrected chi connectivity index (χ2v) is 5.12. The summed E-state index contributed by atoms with van der Waals surface area (Å²) in [5, 5.41) is 3.42. The Morgan fingerprint density at radius 2 is 1.62 bits per heavy atom. The van der Waals surface area contributed by atoms with Crippen LogP contribution in [0.25, 0.3) is 11.1 Å². The number of benzene rings is 2. The Kier molecular flexibility index (Phi) is 4.12. The van der Waals surface area contributed by atoms with Gasteiger partial charge in [0, 0.05) is 26.0 Å². The predicted octanol–water partition coefficient (Wildman–Crippen LogP) is 3.38. The number of aromatic nitrogens is 2. The van der Waals surface area contributed by atoms with Crippen molar-refractivity contribution in [3.8, 4) is 11.1 Å². The molecule has 21 heavy (non-hydrogen) atoms. The molecular formula is C18H19N3. The van der Waals surface area contributed by atoms with Crippen LogP contribution >= 0.6 is 0 Å². The van der Waals surface area contributed by atoms with Gasteiger partial charge in [-0.2, -0.15) is 0 Å². The maximum absolute atomic E-state index is 4.30. The lowest BCUT2D eigenvalue weighted by Crippen LogP contribution is -2.15. The van der Waals surface area contributed by atoms with Crippen LogP contribution in [0.2, 0.25) is 0 Å². The van der Waals surface area contributed by atoms with Crippen LogP contribution in [0.3, 0.4) is 0 Å². The zero-order valence-electron chi connectivity index (χ0n) is 12.2. The molecule has 1 aromatic heterocycles. The monoisotopic (exact) mass is 277 g/mol. The molecule has 0 aliphatic carbocycles. The summed E-state index contributed by atoms with van der Waals surface area (Å²) < 4.78 is 2.03. The molecule has 0 unspecified atom stereocenters. The predicted molar refractivity (Wildman–Crippen MR) is 85.6 cm³/mol. The summed E-state index contributed by atoms with van der Waals surface area (Å²) in [4.78, 5) is 4.30. The van der Waals surface area contributed by atoms with Gasteiger partial charge >= 0.3 is 0 Å². The van der Waals surface area contributed by atoms with E-state index in [9.17, 15) is 0 Å². The zero-order valence-corrected chi connectivity index (χ0v) is 12.2. The fraction of sp³-hybridized carbons (Fsp3) is 0.167. The Labute approximate surface area is 125 Å². The van der Waals surface area contributed by atoms with Crippen LogP contribution < -0.4 is 5.32 Å². The lowest BCUT2D eigenvalue weighted by atomic mass is 10.0. The molecule has 3 nitrogen and oxygen atoms in total. The molecule has 0 atom stereocenters. The van der Waals surface area contributed by atoms with Crippen molar-refractivity contribution in [3.05, 3.63) is 78.4 Å². The van der Waals surface area contributed by atoms with Crippen LogP contribution in [0.4, 0.5) is 0 Å². The van der Waals surface area contributed by atoms with Gasteiger partial charge in [0.25, 0.3) is 0 Å². The third kappa shape index (κ3) is 3.38. The van der Waals surface area contributed by atoms with Gasteiger partial charge in [-0.05, 0) is 16.7 Å². The maximum atomic E-state index is 4.30. The molecule has 3 heteroatoms. The van der Waals surface area contributed by atoms with Crippen LogP contribution in [0.15, 0.2) is 67.0 Å². The van der Waals surface area contributed by atoms with Gasteiger partial charge in [-0.1, -0.05) is 54.6 Å². The van der Waals surface area contributed by atoms with Crippen molar-refractivity contribution >= 4 is 0 Å². The standard InChI is InChI=1S/C18H19N3/c1-21-12-11-20-18(21)14-19-13-15-7-9-17(10-8-15)16-5-3-2-4-6-16/h2-12,19H,13-14H2,1H3. The van der Waals surface area contributed by atoms with E-state index in [0.717, 1.165) is 18.9 Å². The second kappa shape index (κ2) is 6.37. The molecule has 106 valence electrons. The average Bonchev–Trinajstić information content (AvgIpc) is 2.94. The Morgan fingerprint density at radius 1 is 0.905 bits per heavy atom. The van der Waals surface area contributed by atoms with E-state index < -0.39 is 0 Å². The molecule has 0 fully saturated rings. The van der Waals surface area contributed by atoms with E-state index in [1.807, 2.05) is 30.1 Å². The molecule has 2 aromatic carbocycles. The highest BCUT2D eigenvalue weighted by atomic mass is 15.1. The molecule has 0 bridgehead atoms. The summed E-state index contributed by atoms with van der Waals surface area (Å²) >= 11 is 0. The molecular weight excluding hydrogens is 258 g/mol. The fourth-order valence-electron chi connectivity index (χ4n) is 2.33. The molecule has 3 rings (SSSR count). The summed E-state index contributed by atoms with van der Waals surface area (Å²) in [6, 6.07) is 19.1. The maximum Gasteiger partial charge on any atom is 0.122 e. The van der Waals surface area contributed by atoms with Crippen molar-refractivity contribution in [2.75, 3.05) is 0 Å². The number of aryl methyl sites for hydroxylation is 1. The molecule has 0 saturated carbocycles. The summed E-state index contributed by atoms with van der Waals surface area (Å²) in [5.74, 6) is 1.05. The SMILES string of the molecule is Cn1ccnc1CNCc1ccc(-c2ccccc2)cc1. The first kappa shape index (κ1) is 13.6. The van der Waals surface area contributed by atoms with Crippen LogP contribution in [0.1, 0.15) is 11.4 Å². The van der Waals surface area contributed by atoms with Crippen molar-refractivity contribution in [1.82, 2.24) is 14.9 Å². The number of rotatable bonds is 5.